The van der Waals surface area contributed by atoms with E-state index < -0.39 is 0 Å². The van der Waals surface area contributed by atoms with Gasteiger partial charge in [0.25, 0.3) is 0 Å². The lowest BCUT2D eigenvalue weighted by Gasteiger charge is -2.03. The van der Waals surface area contributed by atoms with Gasteiger partial charge in [-0.25, -0.2) is 0 Å². The Morgan fingerprint density at radius 1 is 1.33 bits per heavy atom. The Labute approximate surface area is 75.0 Å². The van der Waals surface area contributed by atoms with Crippen molar-refractivity contribution < 1.29 is 4.74 Å². The molecule has 72 valence electrons. The Bertz CT molecular complexity index is 96.5. The highest BCUT2D eigenvalue weighted by Gasteiger charge is 1.87. The fraction of sp³-hybridized carbons (Fsp3) is 0.778. The lowest BCUT2D eigenvalue weighted by molar-refractivity contribution is 0.159. The fourth-order valence-electron chi connectivity index (χ4n) is 0.818. The molecule has 12 heavy (non-hydrogen) atoms. The van der Waals surface area contributed by atoms with Crippen molar-refractivity contribution in [3.05, 3.63) is 12.7 Å². The Balaban J connectivity index is 2.77. The highest BCUT2D eigenvalue weighted by Crippen LogP contribution is 1.81. The molecule has 0 radical (unpaired) electrons. The Kier molecular flexibility index (Phi) is 10.3. The number of rotatable bonds is 9. The van der Waals surface area contributed by atoms with Crippen molar-refractivity contribution in [2.75, 3.05) is 32.8 Å². The van der Waals surface area contributed by atoms with Crippen LogP contribution in [0.3, 0.4) is 0 Å². The van der Waals surface area contributed by atoms with Crippen LogP contribution >= 0.6 is 0 Å². The van der Waals surface area contributed by atoms with E-state index in [4.69, 9.17) is 10.5 Å². The molecular weight excluding hydrogens is 152 g/mol. The lowest BCUT2D eigenvalue weighted by Crippen LogP contribution is -2.20. The van der Waals surface area contributed by atoms with Crippen LogP contribution in [0.2, 0.25) is 0 Å². The first-order chi connectivity index (χ1) is 5.91. The second kappa shape index (κ2) is 10.6. The maximum atomic E-state index is 5.33. The van der Waals surface area contributed by atoms with Crippen molar-refractivity contribution in [1.29, 1.82) is 0 Å². The van der Waals surface area contributed by atoms with E-state index in [2.05, 4.69) is 11.9 Å². The third-order valence-corrected chi connectivity index (χ3v) is 1.44. The first kappa shape index (κ1) is 11.6. The summed E-state index contributed by atoms with van der Waals surface area (Å²) in [5.74, 6) is 0. The van der Waals surface area contributed by atoms with Gasteiger partial charge in [-0.2, -0.15) is 0 Å². The molecule has 3 N–H and O–H groups in total. The van der Waals surface area contributed by atoms with E-state index in [1.54, 1.807) is 6.08 Å². The molecule has 0 aromatic carbocycles. The molecule has 0 aliphatic carbocycles. The second-order valence-electron chi connectivity index (χ2n) is 2.61. The highest BCUT2D eigenvalue weighted by atomic mass is 16.5. The van der Waals surface area contributed by atoms with Crippen LogP contribution in [0.25, 0.3) is 0 Å². The summed E-state index contributed by atoms with van der Waals surface area (Å²) in [6, 6.07) is 0. The van der Waals surface area contributed by atoms with Gasteiger partial charge in [0.05, 0.1) is 6.61 Å². The van der Waals surface area contributed by atoms with Crippen LogP contribution in [0.4, 0.5) is 0 Å². The molecular formula is C9H20N2O. The second-order valence-corrected chi connectivity index (χ2v) is 2.61. The smallest absolute Gasteiger partial charge is 0.0644 e. The normalized spacial score (nSPS) is 10.1. The largest absolute Gasteiger partial charge is 0.377 e. The Morgan fingerprint density at radius 2 is 2.08 bits per heavy atom. The van der Waals surface area contributed by atoms with Crippen LogP contribution in [0, 0.1) is 0 Å². The molecule has 0 saturated heterocycles. The molecule has 3 nitrogen and oxygen atoms in total. The molecule has 0 unspecified atom stereocenters. The highest BCUT2D eigenvalue weighted by molar-refractivity contribution is 4.63. The van der Waals surface area contributed by atoms with Gasteiger partial charge in [-0.1, -0.05) is 6.08 Å². The quantitative estimate of drug-likeness (QED) is 0.394. The van der Waals surface area contributed by atoms with Crippen molar-refractivity contribution >= 4 is 0 Å². The van der Waals surface area contributed by atoms with Crippen LogP contribution in [0.5, 0.6) is 0 Å². The van der Waals surface area contributed by atoms with Gasteiger partial charge in [-0.05, 0) is 32.5 Å². The van der Waals surface area contributed by atoms with Gasteiger partial charge in [0.15, 0.2) is 0 Å². The van der Waals surface area contributed by atoms with Crippen molar-refractivity contribution in [3.63, 3.8) is 0 Å². The van der Waals surface area contributed by atoms with E-state index in [1.165, 1.54) is 0 Å². The average Bonchev–Trinajstić information content (AvgIpc) is 2.10. The number of hydrogen-bond donors (Lipinski definition) is 2. The van der Waals surface area contributed by atoms with Gasteiger partial charge in [-0.3, -0.25) is 0 Å². The summed E-state index contributed by atoms with van der Waals surface area (Å²) >= 11 is 0. The molecule has 0 heterocycles. The first-order valence-electron chi connectivity index (χ1n) is 4.51. The molecule has 0 atom stereocenters. The maximum Gasteiger partial charge on any atom is 0.0644 e. The summed E-state index contributed by atoms with van der Waals surface area (Å²) in [5.41, 5.74) is 5.33. The molecule has 0 aliphatic rings. The molecule has 0 aliphatic heterocycles. The van der Waals surface area contributed by atoms with Crippen LogP contribution < -0.4 is 11.1 Å². The van der Waals surface area contributed by atoms with Gasteiger partial charge in [0, 0.05) is 6.61 Å². The molecule has 0 saturated carbocycles. The molecule has 0 amide bonds. The van der Waals surface area contributed by atoms with Crippen molar-refractivity contribution in [3.8, 4) is 0 Å². The topological polar surface area (TPSA) is 47.3 Å². The third-order valence-electron chi connectivity index (χ3n) is 1.44. The van der Waals surface area contributed by atoms with Crippen LogP contribution in [-0.2, 0) is 4.74 Å². The van der Waals surface area contributed by atoms with E-state index >= 15 is 0 Å². The minimum atomic E-state index is 0.656. The summed E-state index contributed by atoms with van der Waals surface area (Å²) < 4.78 is 5.21. The monoisotopic (exact) mass is 172 g/mol. The number of ether oxygens (including phenoxy) is 1. The fourth-order valence-corrected chi connectivity index (χ4v) is 0.818. The minimum Gasteiger partial charge on any atom is -0.377 e. The summed E-state index contributed by atoms with van der Waals surface area (Å²) in [7, 11) is 0. The zero-order valence-corrected chi connectivity index (χ0v) is 7.72. The van der Waals surface area contributed by atoms with Gasteiger partial charge >= 0.3 is 0 Å². The predicted octanol–water partition coefficient (Wildman–Crippen LogP) is 0.518. The summed E-state index contributed by atoms with van der Waals surface area (Å²) in [4.78, 5) is 0. The number of hydrogen-bond acceptors (Lipinski definition) is 3. The standard InChI is InChI=1S/C9H20N2O/c1-2-8-12-9-4-7-11-6-3-5-10/h2,11H,1,3-10H2. The molecule has 0 fully saturated rings. The third kappa shape index (κ3) is 9.62. The molecule has 0 aromatic heterocycles. The van der Waals surface area contributed by atoms with E-state index in [-0.39, 0.29) is 0 Å². The average molecular weight is 172 g/mol. The number of nitrogens with one attached hydrogen (secondary N) is 1. The molecule has 0 bridgehead atoms. The van der Waals surface area contributed by atoms with Crippen molar-refractivity contribution in [1.82, 2.24) is 5.32 Å². The van der Waals surface area contributed by atoms with Gasteiger partial charge in [0.2, 0.25) is 0 Å². The molecule has 0 spiro atoms. The van der Waals surface area contributed by atoms with E-state index in [0.29, 0.717) is 6.61 Å². The van der Waals surface area contributed by atoms with Crippen molar-refractivity contribution in [2.24, 2.45) is 5.73 Å². The van der Waals surface area contributed by atoms with E-state index in [9.17, 15) is 0 Å². The van der Waals surface area contributed by atoms with E-state index in [0.717, 1.165) is 39.1 Å². The predicted molar refractivity (Wildman–Crippen MR) is 52.2 cm³/mol. The Morgan fingerprint density at radius 3 is 2.75 bits per heavy atom. The van der Waals surface area contributed by atoms with Crippen LogP contribution in [0.1, 0.15) is 12.8 Å². The molecule has 3 heteroatoms. The SMILES string of the molecule is C=CCOCCCNCCCN. The summed E-state index contributed by atoms with van der Waals surface area (Å²) in [6.07, 6.45) is 3.87. The van der Waals surface area contributed by atoms with Crippen molar-refractivity contribution in [2.45, 2.75) is 12.8 Å². The van der Waals surface area contributed by atoms with Gasteiger partial charge < -0.3 is 15.8 Å². The van der Waals surface area contributed by atoms with Gasteiger partial charge in [-0.15, -0.1) is 6.58 Å². The Hall–Kier alpha value is -0.380. The molecule has 0 aromatic rings. The van der Waals surface area contributed by atoms with E-state index in [1.807, 2.05) is 0 Å². The summed E-state index contributed by atoms with van der Waals surface area (Å²) in [5, 5.41) is 3.28. The maximum absolute atomic E-state index is 5.33. The van der Waals surface area contributed by atoms with Crippen LogP contribution in [0.15, 0.2) is 12.7 Å². The summed E-state index contributed by atoms with van der Waals surface area (Å²) in [6.45, 7) is 7.81. The number of nitrogens with two attached hydrogens (primary N) is 1. The lowest BCUT2D eigenvalue weighted by atomic mass is 10.4. The van der Waals surface area contributed by atoms with Gasteiger partial charge in [0.1, 0.15) is 0 Å². The zero-order chi connectivity index (χ0) is 9.07. The van der Waals surface area contributed by atoms with Crippen LogP contribution in [-0.4, -0.2) is 32.8 Å². The first-order valence-corrected chi connectivity index (χ1v) is 4.51. The minimum absolute atomic E-state index is 0.656. The zero-order valence-electron chi connectivity index (χ0n) is 7.72. The molecule has 0 rings (SSSR count).